The van der Waals surface area contributed by atoms with Crippen LogP contribution in [-0.4, -0.2) is 15.5 Å². The van der Waals surface area contributed by atoms with Crippen LogP contribution in [0.2, 0.25) is 5.02 Å². The van der Waals surface area contributed by atoms with Gasteiger partial charge < -0.3 is 9.88 Å². The number of carbonyl (C=O) groups excluding carboxylic acids is 1. The lowest BCUT2D eigenvalue weighted by Crippen LogP contribution is -2.31. The number of nitrogens with one attached hydrogen (secondary N) is 1. The normalized spacial score (nSPS) is 12.0. The van der Waals surface area contributed by atoms with E-state index >= 15 is 0 Å². The molecule has 1 N–H and O–H groups in total. The highest BCUT2D eigenvalue weighted by atomic mass is 35.5. The van der Waals surface area contributed by atoms with Crippen LogP contribution in [0, 0.1) is 6.92 Å². The predicted molar refractivity (Wildman–Crippen MR) is 95.1 cm³/mol. The Bertz CT molecular complexity index is 855. The molecule has 1 aromatic heterocycles. The van der Waals surface area contributed by atoms with Gasteiger partial charge in [0, 0.05) is 30.0 Å². The van der Waals surface area contributed by atoms with E-state index in [-0.39, 0.29) is 11.9 Å². The van der Waals surface area contributed by atoms with Crippen LogP contribution in [0.1, 0.15) is 33.4 Å². The van der Waals surface area contributed by atoms with Crippen molar-refractivity contribution < 1.29 is 4.79 Å². The van der Waals surface area contributed by atoms with Gasteiger partial charge in [-0.05, 0) is 36.8 Å². The van der Waals surface area contributed by atoms with Gasteiger partial charge >= 0.3 is 0 Å². The summed E-state index contributed by atoms with van der Waals surface area (Å²) in [5.41, 5.74) is 2.60. The molecule has 1 heterocycles. The van der Waals surface area contributed by atoms with E-state index in [1.807, 2.05) is 67.2 Å². The summed E-state index contributed by atoms with van der Waals surface area (Å²) in [5.74, 6) is 0.625. The SMILES string of the molecule is Cc1cccc(C(=O)NC(c2ccc(Cl)cc2)c2nccn2C)c1. The van der Waals surface area contributed by atoms with E-state index in [0.29, 0.717) is 10.6 Å². The lowest BCUT2D eigenvalue weighted by molar-refractivity contribution is 0.0941. The van der Waals surface area contributed by atoms with Crippen LogP contribution in [-0.2, 0) is 7.05 Å². The molecule has 0 radical (unpaired) electrons. The molecule has 24 heavy (non-hydrogen) atoms. The second-order valence-corrected chi connectivity index (χ2v) is 6.16. The Kier molecular flexibility index (Phi) is 4.67. The summed E-state index contributed by atoms with van der Waals surface area (Å²) in [6, 6.07) is 14.6. The third kappa shape index (κ3) is 3.49. The van der Waals surface area contributed by atoms with E-state index in [2.05, 4.69) is 10.3 Å². The van der Waals surface area contributed by atoms with Crippen LogP contribution in [0.15, 0.2) is 60.9 Å². The van der Waals surface area contributed by atoms with Crippen LogP contribution >= 0.6 is 11.6 Å². The number of rotatable bonds is 4. The van der Waals surface area contributed by atoms with Gasteiger partial charge in [-0.1, -0.05) is 41.4 Å². The fraction of sp³-hybridized carbons (Fsp3) is 0.158. The van der Waals surface area contributed by atoms with Gasteiger partial charge in [-0.25, -0.2) is 4.98 Å². The molecule has 1 amide bonds. The first kappa shape index (κ1) is 16.3. The fourth-order valence-corrected chi connectivity index (χ4v) is 2.73. The molecule has 0 spiro atoms. The number of hydrogen-bond donors (Lipinski definition) is 1. The first-order valence-electron chi connectivity index (χ1n) is 7.65. The zero-order valence-corrected chi connectivity index (χ0v) is 14.3. The topological polar surface area (TPSA) is 46.9 Å². The molecule has 1 unspecified atom stereocenters. The van der Waals surface area contributed by atoms with E-state index in [9.17, 15) is 4.79 Å². The Morgan fingerprint density at radius 3 is 2.58 bits per heavy atom. The number of aryl methyl sites for hydroxylation is 2. The van der Waals surface area contributed by atoms with Gasteiger partial charge in [-0.2, -0.15) is 0 Å². The Labute approximate surface area is 146 Å². The first-order valence-corrected chi connectivity index (χ1v) is 8.02. The number of aromatic nitrogens is 2. The number of hydrogen-bond acceptors (Lipinski definition) is 2. The zero-order chi connectivity index (χ0) is 17.1. The number of halogens is 1. The van der Waals surface area contributed by atoms with Gasteiger partial charge in [-0.3, -0.25) is 4.79 Å². The van der Waals surface area contributed by atoms with E-state index < -0.39 is 0 Å². The molecule has 0 saturated carbocycles. The number of carbonyl (C=O) groups is 1. The highest BCUT2D eigenvalue weighted by molar-refractivity contribution is 6.30. The van der Waals surface area contributed by atoms with Crippen molar-refractivity contribution in [3.63, 3.8) is 0 Å². The van der Waals surface area contributed by atoms with Gasteiger partial charge in [0.15, 0.2) is 0 Å². The second kappa shape index (κ2) is 6.89. The summed E-state index contributed by atoms with van der Waals surface area (Å²) in [6.07, 6.45) is 3.58. The molecule has 0 bridgehead atoms. The standard InChI is InChI=1S/C19H18ClN3O/c1-13-4-3-5-15(12-13)19(24)22-17(18-21-10-11-23(18)2)14-6-8-16(20)9-7-14/h3-12,17H,1-2H3,(H,22,24). The van der Waals surface area contributed by atoms with E-state index in [1.54, 1.807) is 12.3 Å². The third-order valence-corrected chi connectivity index (χ3v) is 4.13. The van der Waals surface area contributed by atoms with Crippen LogP contribution < -0.4 is 5.32 Å². The Morgan fingerprint density at radius 1 is 1.21 bits per heavy atom. The van der Waals surface area contributed by atoms with Gasteiger partial charge in [0.2, 0.25) is 0 Å². The van der Waals surface area contributed by atoms with Gasteiger partial charge in [0.05, 0.1) is 0 Å². The molecule has 3 aromatic rings. The molecule has 0 fully saturated rings. The molecule has 3 rings (SSSR count). The fourth-order valence-electron chi connectivity index (χ4n) is 2.61. The molecule has 0 saturated heterocycles. The third-order valence-electron chi connectivity index (χ3n) is 3.88. The average Bonchev–Trinajstić information content (AvgIpc) is 2.99. The minimum atomic E-state index is -0.352. The molecular weight excluding hydrogens is 322 g/mol. The van der Waals surface area contributed by atoms with Crippen molar-refractivity contribution in [2.24, 2.45) is 7.05 Å². The number of nitrogens with zero attached hydrogens (tertiary/aromatic N) is 2. The van der Waals surface area contributed by atoms with Gasteiger partial charge in [-0.15, -0.1) is 0 Å². The summed E-state index contributed by atoms with van der Waals surface area (Å²) in [7, 11) is 1.91. The molecule has 0 aliphatic carbocycles. The van der Waals surface area contributed by atoms with Crippen LogP contribution in [0.4, 0.5) is 0 Å². The maximum atomic E-state index is 12.7. The van der Waals surface area contributed by atoms with E-state index in [1.165, 1.54) is 0 Å². The summed E-state index contributed by atoms with van der Waals surface area (Å²) >= 11 is 5.98. The van der Waals surface area contributed by atoms with Crippen molar-refractivity contribution in [1.29, 1.82) is 0 Å². The minimum Gasteiger partial charge on any atom is -0.338 e. The molecule has 122 valence electrons. The van der Waals surface area contributed by atoms with Gasteiger partial charge in [0.1, 0.15) is 11.9 Å². The molecule has 0 aliphatic heterocycles. The van der Waals surface area contributed by atoms with E-state index in [0.717, 1.165) is 17.0 Å². The summed E-state index contributed by atoms with van der Waals surface area (Å²) in [5, 5.41) is 3.73. The molecule has 4 nitrogen and oxygen atoms in total. The highest BCUT2D eigenvalue weighted by Crippen LogP contribution is 2.23. The Hall–Kier alpha value is -2.59. The summed E-state index contributed by atoms with van der Waals surface area (Å²) < 4.78 is 1.90. The van der Waals surface area contributed by atoms with Crippen molar-refractivity contribution >= 4 is 17.5 Å². The number of benzene rings is 2. The number of amides is 1. The molecule has 1 atom stereocenters. The largest absolute Gasteiger partial charge is 0.338 e. The Morgan fingerprint density at radius 2 is 1.96 bits per heavy atom. The van der Waals surface area contributed by atoms with E-state index in [4.69, 9.17) is 11.6 Å². The second-order valence-electron chi connectivity index (χ2n) is 5.72. The quantitative estimate of drug-likeness (QED) is 0.783. The lowest BCUT2D eigenvalue weighted by atomic mass is 10.0. The maximum Gasteiger partial charge on any atom is 0.252 e. The van der Waals surface area contributed by atoms with Gasteiger partial charge in [0.25, 0.3) is 5.91 Å². The van der Waals surface area contributed by atoms with Crippen LogP contribution in [0.5, 0.6) is 0 Å². The van der Waals surface area contributed by atoms with Crippen molar-refractivity contribution in [2.75, 3.05) is 0 Å². The van der Waals surface area contributed by atoms with Crippen LogP contribution in [0.3, 0.4) is 0 Å². The average molecular weight is 340 g/mol. The first-order chi connectivity index (χ1) is 11.5. The zero-order valence-electron chi connectivity index (χ0n) is 13.5. The molecule has 2 aromatic carbocycles. The van der Waals surface area contributed by atoms with Crippen molar-refractivity contribution in [3.05, 3.63) is 88.5 Å². The predicted octanol–water partition coefficient (Wildman–Crippen LogP) is 3.90. The monoisotopic (exact) mass is 339 g/mol. The summed E-state index contributed by atoms with van der Waals surface area (Å²) in [6.45, 7) is 1.96. The lowest BCUT2D eigenvalue weighted by Gasteiger charge is -2.19. The summed E-state index contributed by atoms with van der Waals surface area (Å²) in [4.78, 5) is 17.1. The van der Waals surface area contributed by atoms with Crippen molar-refractivity contribution in [2.45, 2.75) is 13.0 Å². The highest BCUT2D eigenvalue weighted by Gasteiger charge is 2.21. The smallest absolute Gasteiger partial charge is 0.252 e. The molecular formula is C19H18ClN3O. The van der Waals surface area contributed by atoms with Crippen molar-refractivity contribution in [3.8, 4) is 0 Å². The molecule has 5 heteroatoms. The number of imidazole rings is 1. The maximum absolute atomic E-state index is 12.7. The molecule has 0 aliphatic rings. The van der Waals surface area contributed by atoms with Crippen molar-refractivity contribution in [1.82, 2.24) is 14.9 Å². The minimum absolute atomic E-state index is 0.137. The Balaban J connectivity index is 1.95. The van der Waals surface area contributed by atoms with Crippen LogP contribution in [0.25, 0.3) is 0 Å².